The number of alkyl carbamates (subject to hydrolysis) is 1. The van der Waals surface area contributed by atoms with Gasteiger partial charge in [0.15, 0.2) is 0 Å². The lowest BCUT2D eigenvalue weighted by molar-refractivity contribution is 0.0523. The van der Waals surface area contributed by atoms with E-state index in [9.17, 15) is 13.2 Å². The molecule has 0 radical (unpaired) electrons. The van der Waals surface area contributed by atoms with E-state index in [-0.39, 0.29) is 6.54 Å². The molecule has 0 saturated carbocycles. The summed E-state index contributed by atoms with van der Waals surface area (Å²) in [5.74, 6) is 0.433. The number of carbonyl (C=O) groups excluding carboxylic acids is 1. The predicted molar refractivity (Wildman–Crippen MR) is 94.6 cm³/mol. The van der Waals surface area contributed by atoms with Crippen LogP contribution in [0.2, 0.25) is 0 Å². The van der Waals surface area contributed by atoms with E-state index in [1.165, 1.54) is 13.2 Å². The van der Waals surface area contributed by atoms with Crippen molar-refractivity contribution in [1.82, 2.24) is 5.32 Å². The Morgan fingerprint density at radius 1 is 1.33 bits per heavy atom. The average Bonchev–Trinajstić information content (AvgIpc) is 2.41. The lowest BCUT2D eigenvalue weighted by atomic mass is 10.1. The Morgan fingerprint density at radius 3 is 2.42 bits per heavy atom. The van der Waals surface area contributed by atoms with Crippen LogP contribution in [0.1, 0.15) is 31.9 Å². The Balaban J connectivity index is 3.03. The van der Waals surface area contributed by atoms with Gasteiger partial charge in [-0.15, -0.1) is 0 Å². The molecule has 0 aliphatic carbocycles. The Hall–Kier alpha value is -2.22. The predicted octanol–water partition coefficient (Wildman–Crippen LogP) is 2.73. The fraction of sp³-hybridized carbons (Fsp3) is 0.438. The zero-order valence-electron chi connectivity index (χ0n) is 14.6. The zero-order valence-corrected chi connectivity index (χ0v) is 15.4. The number of nitrogens with one attached hydrogen (secondary N) is 2. The number of benzene rings is 1. The zero-order chi connectivity index (χ0) is 18.5. The lowest BCUT2D eigenvalue weighted by Gasteiger charge is -2.20. The maximum atomic E-state index is 11.8. The summed E-state index contributed by atoms with van der Waals surface area (Å²) in [6.45, 7) is 9.16. The highest BCUT2D eigenvalue weighted by Gasteiger charge is 2.17. The van der Waals surface area contributed by atoms with Gasteiger partial charge in [-0.3, -0.25) is 4.72 Å². The highest BCUT2D eigenvalue weighted by Crippen LogP contribution is 2.29. The third-order valence-electron chi connectivity index (χ3n) is 2.79. The van der Waals surface area contributed by atoms with Crippen LogP contribution in [0.3, 0.4) is 0 Å². The number of amides is 1. The molecule has 1 aromatic rings. The summed E-state index contributed by atoms with van der Waals surface area (Å²) < 4.78 is 35.7. The smallest absolute Gasteiger partial charge is 0.407 e. The van der Waals surface area contributed by atoms with E-state index in [0.29, 0.717) is 22.6 Å². The van der Waals surface area contributed by atoms with Gasteiger partial charge in [0.25, 0.3) is 0 Å². The van der Waals surface area contributed by atoms with Crippen LogP contribution in [0, 0.1) is 0 Å². The van der Waals surface area contributed by atoms with Crippen LogP contribution in [-0.4, -0.2) is 33.5 Å². The summed E-state index contributed by atoms with van der Waals surface area (Å²) in [4.78, 5) is 11.8. The summed E-state index contributed by atoms with van der Waals surface area (Å²) in [7, 11) is -1.97. The van der Waals surface area contributed by atoms with E-state index in [0.717, 1.165) is 6.26 Å². The molecule has 0 aliphatic heterocycles. The van der Waals surface area contributed by atoms with E-state index in [1.807, 2.05) is 0 Å². The van der Waals surface area contributed by atoms with Gasteiger partial charge >= 0.3 is 6.09 Å². The Kier molecular flexibility index (Phi) is 6.25. The molecule has 0 fully saturated rings. The van der Waals surface area contributed by atoms with E-state index >= 15 is 0 Å². The molecular weight excluding hydrogens is 332 g/mol. The van der Waals surface area contributed by atoms with Crippen molar-refractivity contribution in [3.8, 4) is 5.75 Å². The summed E-state index contributed by atoms with van der Waals surface area (Å²) in [5, 5.41) is 2.64. The van der Waals surface area contributed by atoms with Crippen LogP contribution in [0.25, 0.3) is 6.08 Å². The van der Waals surface area contributed by atoms with Gasteiger partial charge in [-0.05, 0) is 32.4 Å². The normalized spacial score (nSPS) is 11.5. The number of hydrogen-bond acceptors (Lipinski definition) is 5. The Labute approximate surface area is 143 Å². The SMILES string of the molecule is C=Cc1cc(CNC(=O)OC(C)(C)C)c(OC)cc1NS(C)(=O)=O. The molecule has 7 nitrogen and oxygen atoms in total. The number of methoxy groups -OCH3 is 1. The van der Waals surface area contributed by atoms with Crippen molar-refractivity contribution >= 4 is 27.9 Å². The Bertz CT molecular complexity index is 721. The molecule has 24 heavy (non-hydrogen) atoms. The molecule has 0 heterocycles. The van der Waals surface area contributed by atoms with E-state index < -0.39 is 21.7 Å². The number of ether oxygens (including phenoxy) is 2. The quantitative estimate of drug-likeness (QED) is 0.817. The first kappa shape index (κ1) is 19.8. The summed E-state index contributed by atoms with van der Waals surface area (Å²) in [5.41, 5.74) is 0.994. The number of hydrogen-bond donors (Lipinski definition) is 2. The van der Waals surface area contributed by atoms with Crippen molar-refractivity contribution in [2.45, 2.75) is 32.9 Å². The molecule has 0 atom stereocenters. The van der Waals surface area contributed by atoms with Crippen LogP contribution in [0.5, 0.6) is 5.75 Å². The molecule has 1 amide bonds. The summed E-state index contributed by atoms with van der Waals surface area (Å²) in [6.07, 6.45) is 2.02. The summed E-state index contributed by atoms with van der Waals surface area (Å²) in [6, 6.07) is 3.24. The fourth-order valence-corrected chi connectivity index (χ4v) is 2.49. The molecule has 0 aromatic heterocycles. The molecule has 0 unspecified atom stereocenters. The van der Waals surface area contributed by atoms with Crippen molar-refractivity contribution in [3.05, 3.63) is 29.8 Å². The molecular formula is C16H24N2O5S. The first-order chi connectivity index (χ1) is 10.9. The second-order valence-electron chi connectivity index (χ2n) is 6.19. The first-order valence-electron chi connectivity index (χ1n) is 7.23. The number of carbonyl (C=O) groups is 1. The van der Waals surface area contributed by atoms with Crippen molar-refractivity contribution in [3.63, 3.8) is 0 Å². The van der Waals surface area contributed by atoms with Gasteiger partial charge in [0.1, 0.15) is 11.4 Å². The largest absolute Gasteiger partial charge is 0.496 e. The van der Waals surface area contributed by atoms with Crippen molar-refractivity contribution in [2.75, 3.05) is 18.1 Å². The van der Waals surface area contributed by atoms with E-state index in [2.05, 4.69) is 16.6 Å². The molecule has 0 aliphatic rings. The van der Waals surface area contributed by atoms with Gasteiger partial charge in [-0.1, -0.05) is 12.7 Å². The van der Waals surface area contributed by atoms with Gasteiger partial charge in [0.2, 0.25) is 10.0 Å². The maximum absolute atomic E-state index is 11.8. The van der Waals surface area contributed by atoms with Crippen molar-refractivity contribution in [1.29, 1.82) is 0 Å². The van der Waals surface area contributed by atoms with Gasteiger partial charge in [0, 0.05) is 18.2 Å². The second-order valence-corrected chi connectivity index (χ2v) is 7.93. The van der Waals surface area contributed by atoms with Crippen LogP contribution in [0.15, 0.2) is 18.7 Å². The topological polar surface area (TPSA) is 93.7 Å². The van der Waals surface area contributed by atoms with Crippen molar-refractivity contribution < 1.29 is 22.7 Å². The Morgan fingerprint density at radius 2 is 1.96 bits per heavy atom. The molecule has 134 valence electrons. The maximum Gasteiger partial charge on any atom is 0.407 e. The lowest BCUT2D eigenvalue weighted by Crippen LogP contribution is -2.32. The van der Waals surface area contributed by atoms with E-state index in [1.54, 1.807) is 32.9 Å². The van der Waals surface area contributed by atoms with Crippen molar-refractivity contribution in [2.24, 2.45) is 0 Å². The van der Waals surface area contributed by atoms with Crippen LogP contribution < -0.4 is 14.8 Å². The van der Waals surface area contributed by atoms with Crippen LogP contribution in [0.4, 0.5) is 10.5 Å². The highest BCUT2D eigenvalue weighted by molar-refractivity contribution is 7.92. The average molecular weight is 356 g/mol. The van der Waals surface area contributed by atoms with Crippen LogP contribution >= 0.6 is 0 Å². The standard InChI is InChI=1S/C16H24N2O5S/c1-7-11-8-12(10-17-15(19)23-16(2,3)4)14(22-5)9-13(11)18-24(6,20)21/h7-9,18H,1,10H2,2-6H3,(H,17,19). The van der Waals surface area contributed by atoms with Gasteiger partial charge in [0.05, 0.1) is 19.1 Å². The number of anilines is 1. The first-order valence-corrected chi connectivity index (χ1v) is 9.12. The molecule has 1 aromatic carbocycles. The molecule has 0 saturated heterocycles. The van der Waals surface area contributed by atoms with E-state index in [4.69, 9.17) is 9.47 Å². The number of rotatable bonds is 6. The van der Waals surface area contributed by atoms with Gasteiger partial charge < -0.3 is 14.8 Å². The molecule has 0 spiro atoms. The minimum atomic E-state index is -3.44. The third kappa shape index (κ3) is 6.49. The monoisotopic (exact) mass is 356 g/mol. The van der Waals surface area contributed by atoms with Gasteiger partial charge in [-0.2, -0.15) is 0 Å². The molecule has 8 heteroatoms. The minimum absolute atomic E-state index is 0.165. The highest BCUT2D eigenvalue weighted by atomic mass is 32.2. The molecule has 2 N–H and O–H groups in total. The number of sulfonamides is 1. The minimum Gasteiger partial charge on any atom is -0.496 e. The fourth-order valence-electron chi connectivity index (χ4n) is 1.91. The van der Waals surface area contributed by atoms with Crippen LogP contribution in [-0.2, 0) is 21.3 Å². The third-order valence-corrected chi connectivity index (χ3v) is 3.38. The second kappa shape index (κ2) is 7.57. The summed E-state index contributed by atoms with van der Waals surface area (Å²) >= 11 is 0. The molecule has 1 rings (SSSR count). The molecule has 0 bridgehead atoms. The van der Waals surface area contributed by atoms with Gasteiger partial charge in [-0.25, -0.2) is 13.2 Å².